The van der Waals surface area contributed by atoms with Crippen LogP contribution < -0.4 is 10.2 Å². The summed E-state index contributed by atoms with van der Waals surface area (Å²) in [5, 5.41) is 2.92. The fourth-order valence-electron chi connectivity index (χ4n) is 4.91. The van der Waals surface area contributed by atoms with E-state index in [9.17, 15) is 14.4 Å². The van der Waals surface area contributed by atoms with Crippen LogP contribution in [0.4, 0.5) is 10.5 Å². The van der Waals surface area contributed by atoms with E-state index < -0.39 is 11.6 Å². The fraction of sp³-hybridized carbons (Fsp3) is 0.591. The van der Waals surface area contributed by atoms with Gasteiger partial charge in [-0.25, -0.2) is 4.79 Å². The molecule has 4 amide bonds. The zero-order valence-electron chi connectivity index (χ0n) is 17.3. The Hall–Kier alpha value is -2.57. The van der Waals surface area contributed by atoms with Crippen LogP contribution in [0, 0.1) is 12.8 Å². The monoisotopic (exact) mass is 398 g/mol. The van der Waals surface area contributed by atoms with E-state index in [-0.39, 0.29) is 24.3 Å². The number of hydrogen-bond acceptors (Lipinski definition) is 4. The zero-order chi connectivity index (χ0) is 20.6. The van der Waals surface area contributed by atoms with Gasteiger partial charge in [-0.1, -0.05) is 31.9 Å². The summed E-state index contributed by atoms with van der Waals surface area (Å²) in [6, 6.07) is 7.93. The van der Waals surface area contributed by atoms with Gasteiger partial charge >= 0.3 is 6.03 Å². The SMILES string of the molecule is Cc1cccc(N2CCN(C(=O)CN3C(=O)NC4(CCCCC4C)C3=O)CC2)c1. The van der Waals surface area contributed by atoms with Gasteiger partial charge in [0.05, 0.1) is 0 Å². The maximum absolute atomic E-state index is 13.1. The molecular formula is C22H30N4O3. The van der Waals surface area contributed by atoms with E-state index in [1.165, 1.54) is 11.3 Å². The number of aryl methyl sites for hydroxylation is 1. The standard InChI is InChI=1S/C22H30N4O3/c1-16-6-5-8-18(14-16)24-10-12-25(13-11-24)19(27)15-26-20(28)22(23-21(26)29)9-4-3-7-17(22)2/h5-6,8,14,17H,3-4,7,9-13,15H2,1-2H3,(H,23,29). The van der Waals surface area contributed by atoms with E-state index in [2.05, 4.69) is 35.3 Å². The molecular weight excluding hydrogens is 368 g/mol. The van der Waals surface area contributed by atoms with Crippen molar-refractivity contribution in [3.63, 3.8) is 0 Å². The number of nitrogens with zero attached hydrogens (tertiary/aromatic N) is 3. The molecule has 1 aromatic carbocycles. The van der Waals surface area contributed by atoms with Crippen molar-refractivity contribution in [2.24, 2.45) is 5.92 Å². The molecule has 2 heterocycles. The Bertz CT molecular complexity index is 818. The third kappa shape index (κ3) is 3.58. The number of amides is 4. The van der Waals surface area contributed by atoms with Crippen molar-refractivity contribution in [2.45, 2.75) is 45.1 Å². The number of carbonyl (C=O) groups is 3. The topological polar surface area (TPSA) is 73.0 Å². The first-order chi connectivity index (χ1) is 13.9. The first-order valence-corrected chi connectivity index (χ1v) is 10.6. The number of benzene rings is 1. The highest BCUT2D eigenvalue weighted by Gasteiger charge is 2.55. The average molecular weight is 399 g/mol. The maximum Gasteiger partial charge on any atom is 0.325 e. The summed E-state index contributed by atoms with van der Waals surface area (Å²) in [5.41, 5.74) is 1.57. The van der Waals surface area contributed by atoms with Crippen LogP contribution in [0.15, 0.2) is 24.3 Å². The molecule has 1 spiro atoms. The van der Waals surface area contributed by atoms with Gasteiger partial charge in [0.15, 0.2) is 0 Å². The van der Waals surface area contributed by atoms with E-state index in [4.69, 9.17) is 0 Å². The highest BCUT2D eigenvalue weighted by atomic mass is 16.2. The number of urea groups is 1. The van der Waals surface area contributed by atoms with Crippen molar-refractivity contribution in [1.82, 2.24) is 15.1 Å². The third-order valence-electron chi connectivity index (χ3n) is 6.79. The lowest BCUT2D eigenvalue weighted by Crippen LogP contribution is -2.55. The summed E-state index contributed by atoms with van der Waals surface area (Å²) in [5.74, 6) is -0.273. The van der Waals surface area contributed by atoms with Gasteiger partial charge in [-0.05, 0) is 43.4 Å². The number of rotatable bonds is 3. The second-order valence-corrected chi connectivity index (χ2v) is 8.65. The van der Waals surface area contributed by atoms with Crippen molar-refractivity contribution >= 4 is 23.5 Å². The minimum atomic E-state index is -0.806. The summed E-state index contributed by atoms with van der Waals surface area (Å²) in [6.45, 7) is 6.61. The lowest BCUT2D eigenvalue weighted by atomic mass is 9.73. The summed E-state index contributed by atoms with van der Waals surface area (Å²) < 4.78 is 0. The number of nitrogens with one attached hydrogen (secondary N) is 1. The van der Waals surface area contributed by atoms with Gasteiger partial charge in [0.1, 0.15) is 12.1 Å². The molecule has 7 heteroatoms. The van der Waals surface area contributed by atoms with Crippen LogP contribution >= 0.6 is 0 Å². The molecule has 0 radical (unpaired) electrons. The Morgan fingerprint density at radius 2 is 1.93 bits per heavy atom. The Morgan fingerprint density at radius 3 is 2.62 bits per heavy atom. The van der Waals surface area contributed by atoms with Crippen LogP contribution in [0.5, 0.6) is 0 Å². The second-order valence-electron chi connectivity index (χ2n) is 8.65. The molecule has 0 aromatic heterocycles. The molecule has 2 aliphatic heterocycles. The van der Waals surface area contributed by atoms with E-state index in [1.807, 2.05) is 13.0 Å². The minimum Gasteiger partial charge on any atom is -0.368 e. The highest BCUT2D eigenvalue weighted by molar-refractivity contribution is 6.09. The number of carbonyl (C=O) groups excluding carboxylic acids is 3. The summed E-state index contributed by atoms with van der Waals surface area (Å²) in [6.07, 6.45) is 3.60. The number of piperazine rings is 1. The van der Waals surface area contributed by atoms with Gasteiger partial charge in [0.25, 0.3) is 5.91 Å². The van der Waals surface area contributed by atoms with Crippen LogP contribution in [-0.2, 0) is 9.59 Å². The van der Waals surface area contributed by atoms with Gasteiger partial charge in [-0.15, -0.1) is 0 Å². The molecule has 2 unspecified atom stereocenters. The molecule has 2 saturated heterocycles. The largest absolute Gasteiger partial charge is 0.368 e. The van der Waals surface area contributed by atoms with Crippen LogP contribution in [0.3, 0.4) is 0 Å². The molecule has 4 rings (SSSR count). The lowest BCUT2D eigenvalue weighted by Gasteiger charge is -2.37. The number of anilines is 1. The smallest absolute Gasteiger partial charge is 0.325 e. The second kappa shape index (κ2) is 7.69. The lowest BCUT2D eigenvalue weighted by molar-refractivity contribution is -0.140. The summed E-state index contributed by atoms with van der Waals surface area (Å²) in [7, 11) is 0. The molecule has 1 saturated carbocycles. The molecule has 1 aromatic rings. The Kier molecular flexibility index (Phi) is 5.23. The minimum absolute atomic E-state index is 0.102. The third-order valence-corrected chi connectivity index (χ3v) is 6.79. The predicted molar refractivity (Wildman–Crippen MR) is 111 cm³/mol. The predicted octanol–water partition coefficient (Wildman–Crippen LogP) is 2.14. The number of hydrogen-bond donors (Lipinski definition) is 1. The molecule has 3 aliphatic rings. The number of imide groups is 1. The fourth-order valence-corrected chi connectivity index (χ4v) is 4.91. The van der Waals surface area contributed by atoms with Gasteiger partial charge in [-0.2, -0.15) is 0 Å². The van der Waals surface area contributed by atoms with Crippen molar-refractivity contribution in [3.8, 4) is 0 Å². The Balaban J connectivity index is 1.36. The highest BCUT2D eigenvalue weighted by Crippen LogP contribution is 2.38. The molecule has 3 fully saturated rings. The van der Waals surface area contributed by atoms with Crippen molar-refractivity contribution in [2.75, 3.05) is 37.6 Å². The van der Waals surface area contributed by atoms with Crippen LogP contribution in [0.1, 0.15) is 38.2 Å². The molecule has 7 nitrogen and oxygen atoms in total. The van der Waals surface area contributed by atoms with Crippen molar-refractivity contribution < 1.29 is 14.4 Å². The quantitative estimate of drug-likeness (QED) is 0.792. The van der Waals surface area contributed by atoms with Crippen LogP contribution in [0.2, 0.25) is 0 Å². The molecule has 1 N–H and O–H groups in total. The Morgan fingerprint density at radius 1 is 1.17 bits per heavy atom. The maximum atomic E-state index is 13.1. The van der Waals surface area contributed by atoms with E-state index >= 15 is 0 Å². The first kappa shape index (κ1) is 19.7. The summed E-state index contributed by atoms with van der Waals surface area (Å²) >= 11 is 0. The average Bonchev–Trinajstić information content (AvgIpc) is 2.95. The molecule has 0 bridgehead atoms. The molecule has 29 heavy (non-hydrogen) atoms. The van der Waals surface area contributed by atoms with Gasteiger partial charge in [0.2, 0.25) is 5.91 Å². The van der Waals surface area contributed by atoms with Gasteiger partial charge < -0.3 is 15.1 Å². The van der Waals surface area contributed by atoms with Crippen LogP contribution in [-0.4, -0.2) is 65.9 Å². The van der Waals surface area contributed by atoms with Crippen LogP contribution in [0.25, 0.3) is 0 Å². The van der Waals surface area contributed by atoms with Crippen molar-refractivity contribution in [3.05, 3.63) is 29.8 Å². The van der Waals surface area contributed by atoms with E-state index in [0.717, 1.165) is 37.3 Å². The van der Waals surface area contributed by atoms with Gasteiger partial charge in [0, 0.05) is 31.9 Å². The van der Waals surface area contributed by atoms with E-state index in [1.54, 1.807) is 4.90 Å². The Labute approximate surface area is 172 Å². The molecule has 1 aliphatic carbocycles. The van der Waals surface area contributed by atoms with Gasteiger partial charge in [-0.3, -0.25) is 14.5 Å². The first-order valence-electron chi connectivity index (χ1n) is 10.6. The summed E-state index contributed by atoms with van der Waals surface area (Å²) in [4.78, 5) is 43.6. The normalized spacial score (nSPS) is 27.5. The molecule has 2 atom stereocenters. The molecule has 156 valence electrons. The van der Waals surface area contributed by atoms with Crippen molar-refractivity contribution in [1.29, 1.82) is 0 Å². The zero-order valence-corrected chi connectivity index (χ0v) is 17.3. The van der Waals surface area contributed by atoms with E-state index in [0.29, 0.717) is 19.5 Å².